The van der Waals surface area contributed by atoms with Crippen molar-refractivity contribution in [1.82, 2.24) is 0 Å². The molecular formula is C28H48O16. The lowest BCUT2D eigenvalue weighted by Crippen LogP contribution is -2.17. The molecule has 16 heteroatoms. The van der Waals surface area contributed by atoms with Gasteiger partial charge in [0.2, 0.25) is 0 Å². The monoisotopic (exact) mass is 640 g/mol. The van der Waals surface area contributed by atoms with Gasteiger partial charge in [0.05, 0.1) is 106 Å². The number of ether oxygens (including phenoxy) is 8. The van der Waals surface area contributed by atoms with E-state index in [1.807, 2.05) is 0 Å². The van der Waals surface area contributed by atoms with Gasteiger partial charge in [-0.3, -0.25) is 38.4 Å². The Balaban J connectivity index is -0.000000242. The van der Waals surface area contributed by atoms with Gasteiger partial charge in [0.25, 0.3) is 0 Å². The van der Waals surface area contributed by atoms with Gasteiger partial charge in [-0.05, 0) is 0 Å². The summed E-state index contributed by atoms with van der Waals surface area (Å²) in [5.41, 5.74) is 0. The molecule has 16 nitrogen and oxygen atoms in total. The fourth-order valence-corrected chi connectivity index (χ4v) is 2.47. The molecule has 0 N–H and O–H groups in total. The van der Waals surface area contributed by atoms with E-state index in [0.29, 0.717) is 0 Å². The van der Waals surface area contributed by atoms with E-state index in [1.54, 1.807) is 27.7 Å². The Hall–Kier alpha value is -4.24. The Bertz CT molecular complexity index is 754. The van der Waals surface area contributed by atoms with Gasteiger partial charge >= 0.3 is 47.8 Å². The Morgan fingerprint density at radius 3 is 0.545 bits per heavy atom. The molecule has 0 aliphatic rings. The number of carbonyl (C=O) groups is 8. The van der Waals surface area contributed by atoms with Crippen molar-refractivity contribution in [3.8, 4) is 0 Å². The van der Waals surface area contributed by atoms with Crippen LogP contribution in [0.4, 0.5) is 0 Å². The topological polar surface area (TPSA) is 210 Å². The zero-order valence-electron chi connectivity index (χ0n) is 27.7. The van der Waals surface area contributed by atoms with Crippen LogP contribution in [0.1, 0.15) is 53.4 Å². The van der Waals surface area contributed by atoms with Crippen LogP contribution in [0.15, 0.2) is 0 Å². The SMILES string of the molecule is COC(=O)CC(C)C(=O)OC.COC(=O)CC(C)C(=O)OC.COC(=O)CC(C)C(=O)OC.COC(=O)CC(C)C(=O)OC. The van der Waals surface area contributed by atoms with Gasteiger partial charge in [0.15, 0.2) is 0 Å². The second kappa shape index (κ2) is 28.9. The largest absolute Gasteiger partial charge is 0.469 e. The lowest BCUT2D eigenvalue weighted by Gasteiger charge is -2.05. The van der Waals surface area contributed by atoms with E-state index in [1.165, 1.54) is 56.9 Å². The number of methoxy groups -OCH3 is 8. The Labute approximate surface area is 258 Å². The summed E-state index contributed by atoms with van der Waals surface area (Å²) in [7, 11) is 10.3. The normalized spacial score (nSPS) is 11.9. The molecular weight excluding hydrogens is 592 g/mol. The van der Waals surface area contributed by atoms with Gasteiger partial charge in [-0.25, -0.2) is 0 Å². The summed E-state index contributed by atoms with van der Waals surface area (Å²) in [4.78, 5) is 85.4. The summed E-state index contributed by atoms with van der Waals surface area (Å²) in [6.45, 7) is 6.46. The van der Waals surface area contributed by atoms with Crippen LogP contribution in [0.5, 0.6) is 0 Å². The van der Waals surface area contributed by atoms with Gasteiger partial charge in [-0.1, -0.05) is 27.7 Å². The van der Waals surface area contributed by atoms with Crippen LogP contribution in [-0.2, 0) is 76.3 Å². The molecule has 0 amide bonds. The molecule has 0 fully saturated rings. The third-order valence-corrected chi connectivity index (χ3v) is 5.22. The third kappa shape index (κ3) is 26.6. The van der Waals surface area contributed by atoms with E-state index in [9.17, 15) is 38.4 Å². The third-order valence-electron chi connectivity index (χ3n) is 5.22. The lowest BCUT2D eigenvalue weighted by molar-refractivity contribution is -0.151. The molecule has 0 aromatic heterocycles. The Morgan fingerprint density at radius 2 is 0.455 bits per heavy atom. The van der Waals surface area contributed by atoms with Gasteiger partial charge in [-0.2, -0.15) is 0 Å². The fourth-order valence-electron chi connectivity index (χ4n) is 2.47. The van der Waals surface area contributed by atoms with E-state index >= 15 is 0 Å². The van der Waals surface area contributed by atoms with Crippen molar-refractivity contribution in [3.05, 3.63) is 0 Å². The van der Waals surface area contributed by atoms with Crippen LogP contribution in [-0.4, -0.2) is 105 Å². The molecule has 0 radical (unpaired) electrons. The maximum Gasteiger partial charge on any atom is 0.308 e. The van der Waals surface area contributed by atoms with Crippen molar-refractivity contribution >= 4 is 47.8 Å². The first-order valence-corrected chi connectivity index (χ1v) is 13.0. The van der Waals surface area contributed by atoms with E-state index in [2.05, 4.69) is 37.9 Å². The molecule has 256 valence electrons. The average molecular weight is 641 g/mol. The Morgan fingerprint density at radius 1 is 0.318 bits per heavy atom. The van der Waals surface area contributed by atoms with Crippen LogP contribution < -0.4 is 0 Å². The molecule has 0 heterocycles. The molecule has 0 aliphatic heterocycles. The van der Waals surface area contributed by atoms with Gasteiger partial charge in [0, 0.05) is 0 Å². The molecule has 0 spiro atoms. The zero-order chi connectivity index (χ0) is 35.4. The van der Waals surface area contributed by atoms with Gasteiger partial charge in [-0.15, -0.1) is 0 Å². The number of carbonyl (C=O) groups excluding carboxylic acids is 8. The quantitative estimate of drug-likeness (QED) is 0.218. The van der Waals surface area contributed by atoms with Gasteiger partial charge in [0.1, 0.15) is 0 Å². The minimum Gasteiger partial charge on any atom is -0.469 e. The number of hydrogen-bond donors (Lipinski definition) is 0. The molecule has 0 aliphatic carbocycles. The van der Waals surface area contributed by atoms with E-state index in [-0.39, 0.29) is 25.7 Å². The van der Waals surface area contributed by atoms with Crippen LogP contribution in [0.2, 0.25) is 0 Å². The predicted molar refractivity (Wildman–Crippen MR) is 151 cm³/mol. The summed E-state index contributed by atoms with van der Waals surface area (Å²) in [5.74, 6) is -4.87. The van der Waals surface area contributed by atoms with Crippen molar-refractivity contribution in [2.45, 2.75) is 53.4 Å². The van der Waals surface area contributed by atoms with Crippen molar-refractivity contribution in [1.29, 1.82) is 0 Å². The summed E-state index contributed by atoms with van der Waals surface area (Å²) in [6.07, 6.45) is 0.290. The molecule has 0 saturated carbocycles. The molecule has 0 aromatic rings. The minimum atomic E-state index is -0.424. The van der Waals surface area contributed by atoms with Crippen molar-refractivity contribution in [2.75, 3.05) is 56.9 Å². The maximum atomic E-state index is 10.7. The summed E-state index contributed by atoms with van der Waals surface area (Å²) in [6, 6.07) is 0. The molecule has 0 rings (SSSR count). The van der Waals surface area contributed by atoms with Crippen LogP contribution in [0, 0.1) is 23.7 Å². The minimum absolute atomic E-state index is 0.0726. The van der Waals surface area contributed by atoms with Crippen molar-refractivity contribution in [2.24, 2.45) is 23.7 Å². The van der Waals surface area contributed by atoms with Crippen LogP contribution >= 0.6 is 0 Å². The molecule has 0 aromatic carbocycles. The molecule has 4 unspecified atom stereocenters. The predicted octanol–water partition coefficient (Wildman–Crippen LogP) is 1.43. The number of rotatable bonds is 12. The first-order chi connectivity index (χ1) is 20.5. The summed E-state index contributed by atoms with van der Waals surface area (Å²) < 4.78 is 35.1. The number of hydrogen-bond acceptors (Lipinski definition) is 16. The standard InChI is InChI=1S/4C7H12O4/c4*1-5(7(9)11-3)4-6(8)10-2/h4*5H,4H2,1-3H3. The first kappa shape index (κ1) is 46.7. The highest BCUT2D eigenvalue weighted by Crippen LogP contribution is 2.06. The highest BCUT2D eigenvalue weighted by molar-refractivity contribution is 5.81. The second-order valence-electron chi connectivity index (χ2n) is 8.82. The lowest BCUT2D eigenvalue weighted by atomic mass is 10.1. The average Bonchev–Trinajstić information content (AvgIpc) is 3.03. The Kier molecular flexibility index (Phi) is 30.6. The highest BCUT2D eigenvalue weighted by Gasteiger charge is 2.19. The molecule has 0 bridgehead atoms. The summed E-state index contributed by atoms with van der Waals surface area (Å²) >= 11 is 0. The van der Waals surface area contributed by atoms with Crippen molar-refractivity contribution < 1.29 is 76.3 Å². The second-order valence-corrected chi connectivity index (χ2v) is 8.82. The highest BCUT2D eigenvalue weighted by atomic mass is 16.5. The summed E-state index contributed by atoms with van der Waals surface area (Å²) in [5, 5.41) is 0. The van der Waals surface area contributed by atoms with Crippen molar-refractivity contribution in [3.63, 3.8) is 0 Å². The van der Waals surface area contributed by atoms with E-state index < -0.39 is 71.4 Å². The maximum absolute atomic E-state index is 10.7. The number of esters is 8. The molecule has 4 atom stereocenters. The van der Waals surface area contributed by atoms with E-state index in [4.69, 9.17) is 0 Å². The smallest absolute Gasteiger partial charge is 0.308 e. The van der Waals surface area contributed by atoms with Gasteiger partial charge < -0.3 is 37.9 Å². The zero-order valence-corrected chi connectivity index (χ0v) is 27.7. The first-order valence-electron chi connectivity index (χ1n) is 13.0. The molecule has 0 saturated heterocycles. The van der Waals surface area contributed by atoms with Crippen LogP contribution in [0.3, 0.4) is 0 Å². The van der Waals surface area contributed by atoms with Crippen LogP contribution in [0.25, 0.3) is 0 Å². The fraction of sp³-hybridized carbons (Fsp3) is 0.714. The van der Waals surface area contributed by atoms with E-state index in [0.717, 1.165) is 0 Å². The molecule has 44 heavy (non-hydrogen) atoms.